The standard InChI is InChI=1S/C17H20N2O6/c1-16-11(12(16)14(21)22)8(7-17(16,18)15(23)24)13(20)19-9-5-3-4-6-10(9)25-2/h3-6,8,11-12H,7,18H2,1-2H3,(H,19,20)(H,21,22)(H,23,24)/t8-,11-,12-,16-,17-/m0/s1. The fourth-order valence-electron chi connectivity index (χ4n) is 4.42. The number of carbonyl (C=O) groups is 3. The van der Waals surface area contributed by atoms with Crippen LogP contribution in [0.1, 0.15) is 13.3 Å². The molecule has 2 saturated carbocycles. The average Bonchev–Trinajstić information content (AvgIpc) is 3.12. The van der Waals surface area contributed by atoms with Crippen molar-refractivity contribution in [2.24, 2.45) is 28.9 Å². The zero-order valence-corrected chi connectivity index (χ0v) is 13.9. The van der Waals surface area contributed by atoms with Gasteiger partial charge in [-0.2, -0.15) is 0 Å². The summed E-state index contributed by atoms with van der Waals surface area (Å²) in [6.07, 6.45) is -0.103. The van der Waals surface area contributed by atoms with Gasteiger partial charge in [-0.25, -0.2) is 0 Å². The molecular weight excluding hydrogens is 328 g/mol. The lowest BCUT2D eigenvalue weighted by Crippen LogP contribution is -2.55. The average molecular weight is 348 g/mol. The number of carboxylic acid groups (broad SMARTS) is 2. The van der Waals surface area contributed by atoms with Gasteiger partial charge in [-0.3, -0.25) is 14.4 Å². The van der Waals surface area contributed by atoms with E-state index in [2.05, 4.69) is 5.32 Å². The topological polar surface area (TPSA) is 139 Å². The molecule has 5 N–H and O–H groups in total. The van der Waals surface area contributed by atoms with Crippen LogP contribution in [0.5, 0.6) is 5.75 Å². The van der Waals surface area contributed by atoms with Gasteiger partial charge >= 0.3 is 11.9 Å². The lowest BCUT2D eigenvalue weighted by atomic mass is 9.80. The molecule has 1 aromatic carbocycles. The zero-order chi connectivity index (χ0) is 18.6. The molecule has 2 aliphatic rings. The maximum atomic E-state index is 12.7. The Labute approximate surface area is 144 Å². The number of fused-ring (bicyclic) bond motifs is 1. The van der Waals surface area contributed by atoms with Crippen molar-refractivity contribution in [3.8, 4) is 5.75 Å². The highest BCUT2D eigenvalue weighted by Gasteiger charge is 2.83. The Balaban J connectivity index is 1.89. The summed E-state index contributed by atoms with van der Waals surface area (Å²) in [5.74, 6) is -4.75. The number of carboxylic acids is 2. The number of hydrogen-bond acceptors (Lipinski definition) is 5. The van der Waals surface area contributed by atoms with E-state index in [0.29, 0.717) is 11.4 Å². The highest BCUT2D eigenvalue weighted by Crippen LogP contribution is 2.73. The number of methoxy groups -OCH3 is 1. The van der Waals surface area contributed by atoms with Gasteiger partial charge in [0.2, 0.25) is 5.91 Å². The Morgan fingerprint density at radius 3 is 2.48 bits per heavy atom. The van der Waals surface area contributed by atoms with Gasteiger partial charge in [-0.15, -0.1) is 0 Å². The number of ether oxygens (including phenoxy) is 1. The lowest BCUT2D eigenvalue weighted by Gasteiger charge is -2.29. The summed E-state index contributed by atoms with van der Waals surface area (Å²) in [5.41, 5.74) is 3.61. The second-order valence-electron chi connectivity index (χ2n) is 6.90. The smallest absolute Gasteiger partial charge is 0.324 e. The Hall–Kier alpha value is -2.61. The molecule has 1 amide bonds. The van der Waals surface area contributed by atoms with Crippen molar-refractivity contribution in [2.75, 3.05) is 12.4 Å². The van der Waals surface area contributed by atoms with Crippen molar-refractivity contribution >= 4 is 23.5 Å². The van der Waals surface area contributed by atoms with Gasteiger partial charge in [0.05, 0.1) is 18.7 Å². The van der Waals surface area contributed by atoms with Gasteiger partial charge in [-0.05, 0) is 24.5 Å². The van der Waals surface area contributed by atoms with E-state index in [4.69, 9.17) is 10.5 Å². The number of nitrogens with one attached hydrogen (secondary N) is 1. The number of carbonyl (C=O) groups excluding carboxylic acids is 1. The van der Waals surface area contributed by atoms with Gasteiger partial charge in [0.1, 0.15) is 11.3 Å². The molecule has 0 aliphatic heterocycles. The summed E-state index contributed by atoms with van der Waals surface area (Å²) >= 11 is 0. The van der Waals surface area contributed by atoms with Crippen molar-refractivity contribution in [3.63, 3.8) is 0 Å². The molecule has 0 unspecified atom stereocenters. The fraction of sp³-hybridized carbons (Fsp3) is 0.471. The summed E-state index contributed by atoms with van der Waals surface area (Å²) in [6.45, 7) is 1.54. The van der Waals surface area contributed by atoms with E-state index in [1.165, 1.54) is 7.11 Å². The maximum Gasteiger partial charge on any atom is 0.324 e. The molecule has 2 aliphatic carbocycles. The SMILES string of the molecule is COc1ccccc1NC(=O)[C@H]1C[C@](N)(C(=O)O)[C@@]2(C)[C@@H]1[C@H]2C(=O)O. The molecule has 134 valence electrons. The number of anilines is 1. The van der Waals surface area contributed by atoms with Gasteiger partial charge in [0, 0.05) is 11.3 Å². The predicted octanol–water partition coefficient (Wildman–Crippen LogP) is 0.773. The predicted molar refractivity (Wildman–Crippen MR) is 87.0 cm³/mol. The number of aliphatic carboxylic acids is 2. The van der Waals surface area contributed by atoms with Crippen molar-refractivity contribution in [3.05, 3.63) is 24.3 Å². The minimum absolute atomic E-state index is 0.103. The van der Waals surface area contributed by atoms with Crippen LogP contribution in [0.15, 0.2) is 24.3 Å². The van der Waals surface area contributed by atoms with Crippen LogP contribution in [-0.2, 0) is 14.4 Å². The van der Waals surface area contributed by atoms with Crippen molar-refractivity contribution in [1.29, 1.82) is 0 Å². The molecular formula is C17H20N2O6. The van der Waals surface area contributed by atoms with Crippen LogP contribution in [-0.4, -0.2) is 40.7 Å². The van der Waals surface area contributed by atoms with Gasteiger partial charge < -0.3 is 26.0 Å². The quantitative estimate of drug-likeness (QED) is 0.616. The Morgan fingerprint density at radius 2 is 1.92 bits per heavy atom. The van der Waals surface area contributed by atoms with Crippen molar-refractivity contribution < 1.29 is 29.3 Å². The zero-order valence-electron chi connectivity index (χ0n) is 13.9. The third-order valence-electron chi connectivity index (χ3n) is 5.87. The van der Waals surface area contributed by atoms with Crippen LogP contribution < -0.4 is 15.8 Å². The number of amides is 1. The Morgan fingerprint density at radius 1 is 1.28 bits per heavy atom. The van der Waals surface area contributed by atoms with Crippen LogP contribution in [0.3, 0.4) is 0 Å². The van der Waals surface area contributed by atoms with E-state index in [1.54, 1.807) is 31.2 Å². The number of rotatable bonds is 5. The molecule has 2 fully saturated rings. The molecule has 1 aromatic rings. The largest absolute Gasteiger partial charge is 0.495 e. The second-order valence-corrected chi connectivity index (χ2v) is 6.90. The summed E-state index contributed by atoms with van der Waals surface area (Å²) in [6, 6.07) is 6.80. The van der Waals surface area contributed by atoms with Gasteiger partial charge in [0.25, 0.3) is 0 Å². The molecule has 0 bridgehead atoms. The normalized spacial score (nSPS) is 35.6. The van der Waals surface area contributed by atoms with E-state index < -0.39 is 46.6 Å². The molecule has 8 nitrogen and oxygen atoms in total. The summed E-state index contributed by atoms with van der Waals surface area (Å²) in [4.78, 5) is 35.9. The first-order valence-electron chi connectivity index (χ1n) is 7.87. The molecule has 0 heterocycles. The van der Waals surface area contributed by atoms with Crippen LogP contribution >= 0.6 is 0 Å². The first-order chi connectivity index (χ1) is 11.7. The molecule has 0 spiro atoms. The summed E-state index contributed by atoms with van der Waals surface area (Å²) in [7, 11) is 1.47. The third-order valence-corrected chi connectivity index (χ3v) is 5.87. The molecule has 25 heavy (non-hydrogen) atoms. The molecule has 8 heteroatoms. The number of nitrogens with two attached hydrogens (primary N) is 1. The molecule has 0 radical (unpaired) electrons. The monoisotopic (exact) mass is 348 g/mol. The maximum absolute atomic E-state index is 12.7. The highest BCUT2D eigenvalue weighted by atomic mass is 16.5. The van der Waals surface area contributed by atoms with E-state index in [0.717, 1.165) is 0 Å². The molecule has 5 atom stereocenters. The first-order valence-corrected chi connectivity index (χ1v) is 7.87. The highest BCUT2D eigenvalue weighted by molar-refractivity contribution is 5.98. The van der Waals surface area contributed by atoms with Crippen molar-refractivity contribution in [1.82, 2.24) is 0 Å². The number of para-hydroxylation sites is 2. The summed E-state index contributed by atoms with van der Waals surface area (Å²) in [5, 5.41) is 21.7. The minimum Gasteiger partial charge on any atom is -0.495 e. The second kappa shape index (κ2) is 5.45. The molecule has 3 rings (SSSR count). The van der Waals surface area contributed by atoms with E-state index in [-0.39, 0.29) is 6.42 Å². The Kier molecular flexibility index (Phi) is 3.75. The van der Waals surface area contributed by atoms with Gasteiger partial charge in [0.15, 0.2) is 0 Å². The van der Waals surface area contributed by atoms with Gasteiger partial charge in [-0.1, -0.05) is 19.1 Å². The van der Waals surface area contributed by atoms with Crippen LogP contribution in [0.4, 0.5) is 5.69 Å². The van der Waals surface area contributed by atoms with E-state index in [1.807, 2.05) is 0 Å². The number of hydrogen-bond donors (Lipinski definition) is 4. The molecule has 0 saturated heterocycles. The van der Waals surface area contributed by atoms with Crippen LogP contribution in [0, 0.1) is 23.2 Å². The molecule has 0 aromatic heterocycles. The van der Waals surface area contributed by atoms with Crippen LogP contribution in [0.25, 0.3) is 0 Å². The Bertz CT molecular complexity index is 765. The van der Waals surface area contributed by atoms with E-state index in [9.17, 15) is 24.6 Å². The fourth-order valence-corrected chi connectivity index (χ4v) is 4.42. The third kappa shape index (κ3) is 2.21. The summed E-state index contributed by atoms with van der Waals surface area (Å²) < 4.78 is 5.18. The minimum atomic E-state index is -1.75. The lowest BCUT2D eigenvalue weighted by molar-refractivity contribution is -0.148. The number of benzene rings is 1. The van der Waals surface area contributed by atoms with Crippen molar-refractivity contribution in [2.45, 2.75) is 18.9 Å². The van der Waals surface area contributed by atoms with E-state index >= 15 is 0 Å². The van der Waals surface area contributed by atoms with Crippen LogP contribution in [0.2, 0.25) is 0 Å². The first kappa shape index (κ1) is 17.2.